The average molecular weight is 507 g/mol. The highest BCUT2D eigenvalue weighted by Gasteiger charge is 2.31. The fraction of sp³-hybridized carbons (Fsp3) is 0.333. The molecule has 0 fully saturated rings. The number of hydrogen-bond donors (Lipinski definition) is 1. The normalized spacial score (nSPS) is 12.6. The summed E-state index contributed by atoms with van der Waals surface area (Å²) in [6.45, 7) is 6.38. The zero-order chi connectivity index (χ0) is 25.9. The first kappa shape index (κ1) is 27.5. The monoisotopic (exact) mass is 506 g/mol. The second-order valence-electron chi connectivity index (χ2n) is 9.09. The van der Waals surface area contributed by atoms with E-state index in [0.29, 0.717) is 18.7 Å². The number of carbonyl (C=O) groups excluding carboxylic acids is 2. The molecule has 0 bridgehead atoms. The van der Waals surface area contributed by atoms with Crippen molar-refractivity contribution in [2.75, 3.05) is 5.75 Å². The van der Waals surface area contributed by atoms with E-state index in [0.717, 1.165) is 28.7 Å². The molecule has 190 valence electrons. The van der Waals surface area contributed by atoms with Gasteiger partial charge in [-0.05, 0) is 54.7 Å². The molecule has 0 aliphatic heterocycles. The van der Waals surface area contributed by atoms with Crippen LogP contribution in [0.15, 0.2) is 78.9 Å². The van der Waals surface area contributed by atoms with E-state index in [1.165, 1.54) is 23.9 Å². The third-order valence-corrected chi connectivity index (χ3v) is 7.27. The number of nitrogens with zero attached hydrogens (tertiary/aromatic N) is 1. The molecule has 0 aromatic heterocycles. The fourth-order valence-corrected chi connectivity index (χ4v) is 4.76. The number of hydrogen-bond acceptors (Lipinski definition) is 3. The van der Waals surface area contributed by atoms with Crippen molar-refractivity contribution in [3.05, 3.63) is 107 Å². The van der Waals surface area contributed by atoms with Gasteiger partial charge < -0.3 is 10.2 Å². The Kier molecular flexibility index (Phi) is 10.6. The van der Waals surface area contributed by atoms with Crippen molar-refractivity contribution >= 4 is 23.6 Å². The smallest absolute Gasteiger partial charge is 0.243 e. The molecule has 0 aliphatic rings. The standard InChI is InChI=1S/C30H35FN2O2S/c1-4-23(3)32-30(35)28(18-24-11-6-5-7-12-24)33(19-26-13-9-8-10-22(26)2)29(34)21-36-20-25-14-16-27(31)17-15-25/h5-17,23,28H,4,18-21H2,1-3H3,(H,32,35)/t23-,28+/m0/s1. The molecule has 0 saturated heterocycles. The number of halogens is 1. The van der Waals surface area contributed by atoms with Gasteiger partial charge in [0, 0.05) is 24.8 Å². The number of thioether (sulfide) groups is 1. The zero-order valence-corrected chi connectivity index (χ0v) is 22.1. The lowest BCUT2D eigenvalue weighted by molar-refractivity contribution is -0.139. The Morgan fingerprint density at radius 3 is 2.28 bits per heavy atom. The van der Waals surface area contributed by atoms with Gasteiger partial charge in [-0.15, -0.1) is 11.8 Å². The molecule has 3 aromatic carbocycles. The van der Waals surface area contributed by atoms with Crippen molar-refractivity contribution in [3.8, 4) is 0 Å². The first-order chi connectivity index (χ1) is 17.4. The Morgan fingerprint density at radius 1 is 0.944 bits per heavy atom. The van der Waals surface area contributed by atoms with Crippen LogP contribution in [0.4, 0.5) is 4.39 Å². The third kappa shape index (κ3) is 8.23. The molecular weight excluding hydrogens is 471 g/mol. The quantitative estimate of drug-likeness (QED) is 0.332. The Hall–Kier alpha value is -3.12. The lowest BCUT2D eigenvalue weighted by Crippen LogP contribution is -2.52. The fourth-order valence-electron chi connectivity index (χ4n) is 3.89. The van der Waals surface area contributed by atoms with E-state index >= 15 is 0 Å². The maximum absolute atomic E-state index is 13.7. The molecule has 0 spiro atoms. The van der Waals surface area contributed by atoms with Crippen LogP contribution in [-0.4, -0.2) is 34.6 Å². The minimum atomic E-state index is -0.639. The van der Waals surface area contributed by atoms with Crippen LogP contribution < -0.4 is 5.32 Å². The number of rotatable bonds is 12. The van der Waals surface area contributed by atoms with Crippen LogP contribution in [0.25, 0.3) is 0 Å². The third-order valence-electron chi connectivity index (χ3n) is 6.28. The summed E-state index contributed by atoms with van der Waals surface area (Å²) >= 11 is 1.47. The van der Waals surface area contributed by atoms with E-state index in [-0.39, 0.29) is 29.4 Å². The van der Waals surface area contributed by atoms with Gasteiger partial charge in [-0.25, -0.2) is 4.39 Å². The molecule has 0 unspecified atom stereocenters. The Balaban J connectivity index is 1.86. The van der Waals surface area contributed by atoms with E-state index < -0.39 is 6.04 Å². The van der Waals surface area contributed by atoms with E-state index in [1.807, 2.05) is 75.4 Å². The largest absolute Gasteiger partial charge is 0.352 e. The second-order valence-corrected chi connectivity index (χ2v) is 10.1. The van der Waals surface area contributed by atoms with Crippen molar-refractivity contribution in [3.63, 3.8) is 0 Å². The van der Waals surface area contributed by atoms with Gasteiger partial charge >= 0.3 is 0 Å². The molecule has 4 nitrogen and oxygen atoms in total. The number of amides is 2. The van der Waals surface area contributed by atoms with Crippen molar-refractivity contribution in [2.24, 2.45) is 0 Å². The summed E-state index contributed by atoms with van der Waals surface area (Å²) in [5, 5.41) is 3.10. The van der Waals surface area contributed by atoms with E-state index in [2.05, 4.69) is 5.32 Å². The average Bonchev–Trinajstić information content (AvgIpc) is 2.88. The summed E-state index contributed by atoms with van der Waals surface area (Å²) in [7, 11) is 0. The van der Waals surface area contributed by atoms with Crippen molar-refractivity contribution in [1.29, 1.82) is 0 Å². The first-order valence-electron chi connectivity index (χ1n) is 12.4. The van der Waals surface area contributed by atoms with Gasteiger partial charge in [0.05, 0.1) is 5.75 Å². The Morgan fingerprint density at radius 2 is 1.61 bits per heavy atom. The maximum Gasteiger partial charge on any atom is 0.243 e. The topological polar surface area (TPSA) is 49.4 Å². The molecule has 0 radical (unpaired) electrons. The summed E-state index contributed by atoms with van der Waals surface area (Å²) < 4.78 is 13.2. The molecule has 3 aromatic rings. The van der Waals surface area contributed by atoms with Crippen LogP contribution in [0.2, 0.25) is 0 Å². The van der Waals surface area contributed by atoms with Crippen molar-refractivity contribution < 1.29 is 14.0 Å². The molecule has 1 N–H and O–H groups in total. The highest BCUT2D eigenvalue weighted by Crippen LogP contribution is 2.20. The van der Waals surface area contributed by atoms with Crippen LogP contribution in [0, 0.1) is 12.7 Å². The minimum Gasteiger partial charge on any atom is -0.352 e. The summed E-state index contributed by atoms with van der Waals surface area (Å²) in [6.07, 6.45) is 1.24. The molecule has 0 aliphatic carbocycles. The van der Waals surface area contributed by atoms with Crippen LogP contribution in [0.1, 0.15) is 42.5 Å². The zero-order valence-electron chi connectivity index (χ0n) is 21.2. The predicted octanol–water partition coefficient (Wildman–Crippen LogP) is 5.92. The molecule has 36 heavy (non-hydrogen) atoms. The molecular formula is C30H35FN2O2S. The maximum atomic E-state index is 13.7. The summed E-state index contributed by atoms with van der Waals surface area (Å²) in [5.41, 5.74) is 4.05. The van der Waals surface area contributed by atoms with Gasteiger partial charge in [0.2, 0.25) is 11.8 Å². The number of carbonyl (C=O) groups is 2. The minimum absolute atomic E-state index is 0.0130. The van der Waals surface area contributed by atoms with Crippen LogP contribution >= 0.6 is 11.8 Å². The van der Waals surface area contributed by atoms with Gasteiger partial charge in [0.15, 0.2) is 0 Å². The van der Waals surface area contributed by atoms with Crippen molar-refractivity contribution in [1.82, 2.24) is 10.2 Å². The molecule has 2 atom stereocenters. The van der Waals surface area contributed by atoms with Gasteiger partial charge in [0.1, 0.15) is 11.9 Å². The van der Waals surface area contributed by atoms with Gasteiger partial charge in [-0.1, -0.05) is 73.7 Å². The second kappa shape index (κ2) is 13.8. The Labute approximate surface area is 218 Å². The molecule has 0 saturated carbocycles. The molecule has 2 amide bonds. The molecule has 3 rings (SSSR count). The molecule has 6 heteroatoms. The SMILES string of the molecule is CC[C@H](C)NC(=O)[C@@H](Cc1ccccc1)N(Cc1ccccc1C)C(=O)CSCc1ccc(F)cc1. The highest BCUT2D eigenvalue weighted by atomic mass is 32.2. The lowest BCUT2D eigenvalue weighted by Gasteiger charge is -2.32. The van der Waals surface area contributed by atoms with E-state index in [4.69, 9.17) is 0 Å². The van der Waals surface area contributed by atoms with Crippen LogP contribution in [0.3, 0.4) is 0 Å². The number of nitrogens with one attached hydrogen (secondary N) is 1. The molecule has 0 heterocycles. The number of aryl methyl sites for hydroxylation is 1. The van der Waals surface area contributed by atoms with Gasteiger partial charge in [0.25, 0.3) is 0 Å². The number of benzene rings is 3. The van der Waals surface area contributed by atoms with Gasteiger partial charge in [-0.2, -0.15) is 0 Å². The highest BCUT2D eigenvalue weighted by molar-refractivity contribution is 7.99. The van der Waals surface area contributed by atoms with Crippen LogP contribution in [-0.2, 0) is 28.3 Å². The van der Waals surface area contributed by atoms with Crippen LogP contribution in [0.5, 0.6) is 0 Å². The van der Waals surface area contributed by atoms with E-state index in [9.17, 15) is 14.0 Å². The summed E-state index contributed by atoms with van der Waals surface area (Å²) in [6, 6.07) is 23.5. The lowest BCUT2D eigenvalue weighted by atomic mass is 10.0. The predicted molar refractivity (Wildman–Crippen MR) is 146 cm³/mol. The first-order valence-corrected chi connectivity index (χ1v) is 13.5. The van der Waals surface area contributed by atoms with E-state index in [1.54, 1.807) is 17.0 Å². The summed E-state index contributed by atoms with van der Waals surface area (Å²) in [5.74, 6) is 0.308. The summed E-state index contributed by atoms with van der Waals surface area (Å²) in [4.78, 5) is 28.9. The van der Waals surface area contributed by atoms with Gasteiger partial charge in [-0.3, -0.25) is 9.59 Å². The Bertz CT molecular complexity index is 1120. The van der Waals surface area contributed by atoms with Crippen molar-refractivity contribution in [2.45, 2.75) is 58.0 Å².